The van der Waals surface area contributed by atoms with E-state index in [0.717, 1.165) is 5.56 Å². The predicted molar refractivity (Wildman–Crippen MR) is 111 cm³/mol. The molecule has 6 nitrogen and oxygen atoms in total. The maximum absolute atomic E-state index is 12.8. The van der Waals surface area contributed by atoms with Crippen molar-refractivity contribution in [3.05, 3.63) is 78.4 Å². The van der Waals surface area contributed by atoms with E-state index < -0.39 is 16.1 Å². The van der Waals surface area contributed by atoms with E-state index in [1.54, 1.807) is 44.4 Å². The van der Waals surface area contributed by atoms with Gasteiger partial charge in [-0.2, -0.15) is 0 Å². The molecule has 29 heavy (non-hydrogen) atoms. The molecule has 0 saturated carbocycles. The van der Waals surface area contributed by atoms with Crippen LogP contribution in [0.15, 0.2) is 77.7 Å². The van der Waals surface area contributed by atoms with Gasteiger partial charge in [0.15, 0.2) is 11.5 Å². The van der Waals surface area contributed by atoms with Gasteiger partial charge in [-0.1, -0.05) is 24.3 Å². The molecule has 0 heterocycles. The summed E-state index contributed by atoms with van der Waals surface area (Å²) in [5, 5.41) is 0. The molecule has 1 atom stereocenters. The first-order valence-electron chi connectivity index (χ1n) is 9.00. The Morgan fingerprint density at radius 1 is 0.793 bits per heavy atom. The molecule has 0 aliphatic heterocycles. The Labute approximate surface area is 171 Å². The quantitative estimate of drug-likeness (QED) is 0.587. The third-order valence-corrected chi connectivity index (χ3v) is 5.91. The average Bonchev–Trinajstić information content (AvgIpc) is 2.74. The van der Waals surface area contributed by atoms with Crippen molar-refractivity contribution < 1.29 is 22.6 Å². The Morgan fingerprint density at radius 2 is 1.41 bits per heavy atom. The number of rotatable bonds is 8. The van der Waals surface area contributed by atoms with Crippen LogP contribution in [0, 0.1) is 0 Å². The van der Waals surface area contributed by atoms with Crippen molar-refractivity contribution >= 4 is 10.0 Å². The summed E-state index contributed by atoms with van der Waals surface area (Å²) in [7, 11) is -0.622. The molecule has 0 bridgehead atoms. The zero-order chi connectivity index (χ0) is 20.9. The van der Waals surface area contributed by atoms with Crippen molar-refractivity contribution in [1.29, 1.82) is 0 Å². The third kappa shape index (κ3) is 5.07. The minimum absolute atomic E-state index is 0.158. The lowest BCUT2D eigenvalue weighted by molar-refractivity contribution is 0.354. The maximum Gasteiger partial charge on any atom is 0.241 e. The molecule has 0 aromatic heterocycles. The molecule has 3 aromatic rings. The van der Waals surface area contributed by atoms with Crippen molar-refractivity contribution in [1.82, 2.24) is 4.72 Å². The Hall–Kier alpha value is -3.03. The van der Waals surface area contributed by atoms with Gasteiger partial charge in [0.05, 0.1) is 19.1 Å². The molecule has 0 amide bonds. The first kappa shape index (κ1) is 20.7. The standard InChI is InChI=1S/C22H23NO5S/c1-16(17-9-14-21(26-2)22(15-17)27-3)23-29(24,25)20-12-10-19(11-13-20)28-18-7-5-4-6-8-18/h4-16,23H,1-3H3/t16-/m0/s1. The summed E-state index contributed by atoms with van der Waals surface area (Å²) < 4.78 is 44.4. The van der Waals surface area contributed by atoms with Crippen LogP contribution < -0.4 is 18.9 Å². The highest BCUT2D eigenvalue weighted by Crippen LogP contribution is 2.30. The van der Waals surface area contributed by atoms with Gasteiger partial charge in [-0.05, 0) is 61.0 Å². The zero-order valence-corrected chi connectivity index (χ0v) is 17.3. The van der Waals surface area contributed by atoms with Crippen LogP contribution in [0.2, 0.25) is 0 Å². The summed E-state index contributed by atoms with van der Waals surface area (Å²) >= 11 is 0. The Kier molecular flexibility index (Phi) is 6.41. The number of sulfonamides is 1. The van der Waals surface area contributed by atoms with E-state index in [0.29, 0.717) is 23.0 Å². The first-order valence-corrected chi connectivity index (χ1v) is 10.5. The Bertz CT molecular complexity index is 1050. The van der Waals surface area contributed by atoms with Crippen molar-refractivity contribution in [3.63, 3.8) is 0 Å². The van der Waals surface area contributed by atoms with Gasteiger partial charge in [0.1, 0.15) is 11.5 Å². The lowest BCUT2D eigenvalue weighted by atomic mass is 10.1. The minimum atomic E-state index is -3.71. The smallest absolute Gasteiger partial charge is 0.241 e. The normalized spacial score (nSPS) is 12.2. The van der Waals surface area contributed by atoms with Crippen molar-refractivity contribution in [3.8, 4) is 23.0 Å². The molecule has 0 aliphatic carbocycles. The molecule has 3 rings (SSSR count). The molecule has 3 aromatic carbocycles. The van der Waals surface area contributed by atoms with Crippen LogP contribution in [-0.4, -0.2) is 22.6 Å². The van der Waals surface area contributed by atoms with E-state index >= 15 is 0 Å². The number of hydrogen-bond acceptors (Lipinski definition) is 5. The van der Waals surface area contributed by atoms with Gasteiger partial charge < -0.3 is 14.2 Å². The lowest BCUT2D eigenvalue weighted by Crippen LogP contribution is -2.26. The summed E-state index contributed by atoms with van der Waals surface area (Å²) in [4.78, 5) is 0.158. The molecule has 0 unspecified atom stereocenters. The van der Waals surface area contributed by atoms with Gasteiger partial charge in [0.2, 0.25) is 10.0 Å². The molecular formula is C22H23NO5S. The fraction of sp³-hybridized carbons (Fsp3) is 0.182. The van der Waals surface area contributed by atoms with Gasteiger partial charge in [-0.25, -0.2) is 13.1 Å². The highest BCUT2D eigenvalue weighted by Gasteiger charge is 2.19. The molecule has 0 fully saturated rings. The summed E-state index contributed by atoms with van der Waals surface area (Å²) in [5.41, 5.74) is 0.759. The SMILES string of the molecule is COc1ccc([C@H](C)NS(=O)(=O)c2ccc(Oc3ccccc3)cc2)cc1OC. The van der Waals surface area contributed by atoms with Crippen LogP contribution in [0.5, 0.6) is 23.0 Å². The Balaban J connectivity index is 1.73. The van der Waals surface area contributed by atoms with Crippen LogP contribution in [0.1, 0.15) is 18.5 Å². The summed E-state index contributed by atoms with van der Waals surface area (Å²) in [6, 6.07) is 20.4. The van der Waals surface area contributed by atoms with Crippen LogP contribution in [-0.2, 0) is 10.0 Å². The van der Waals surface area contributed by atoms with Crippen molar-refractivity contribution in [2.75, 3.05) is 14.2 Å². The van der Waals surface area contributed by atoms with Crippen LogP contribution in [0.4, 0.5) is 0 Å². The molecule has 0 aliphatic rings. The van der Waals surface area contributed by atoms with E-state index in [4.69, 9.17) is 14.2 Å². The fourth-order valence-corrected chi connectivity index (χ4v) is 4.03. The van der Waals surface area contributed by atoms with Gasteiger partial charge >= 0.3 is 0 Å². The molecule has 0 spiro atoms. The van der Waals surface area contributed by atoms with Gasteiger partial charge in [0.25, 0.3) is 0 Å². The van der Waals surface area contributed by atoms with E-state index in [-0.39, 0.29) is 4.90 Å². The van der Waals surface area contributed by atoms with Crippen molar-refractivity contribution in [2.24, 2.45) is 0 Å². The number of para-hydroxylation sites is 1. The third-order valence-electron chi connectivity index (χ3n) is 4.35. The summed E-state index contributed by atoms with van der Waals surface area (Å²) in [6.45, 7) is 1.77. The average molecular weight is 413 g/mol. The van der Waals surface area contributed by atoms with Crippen LogP contribution in [0.3, 0.4) is 0 Å². The topological polar surface area (TPSA) is 73.9 Å². The maximum atomic E-state index is 12.8. The molecule has 0 saturated heterocycles. The largest absolute Gasteiger partial charge is 0.493 e. The lowest BCUT2D eigenvalue weighted by Gasteiger charge is -2.17. The summed E-state index contributed by atoms with van der Waals surface area (Å²) in [6.07, 6.45) is 0. The fourth-order valence-electron chi connectivity index (χ4n) is 2.80. The van der Waals surface area contributed by atoms with E-state index in [9.17, 15) is 8.42 Å². The molecule has 152 valence electrons. The van der Waals surface area contributed by atoms with E-state index in [1.165, 1.54) is 19.2 Å². The van der Waals surface area contributed by atoms with Crippen LogP contribution >= 0.6 is 0 Å². The second kappa shape index (κ2) is 8.98. The number of methoxy groups -OCH3 is 2. The van der Waals surface area contributed by atoms with E-state index in [1.807, 2.05) is 30.3 Å². The molecule has 0 radical (unpaired) electrons. The van der Waals surface area contributed by atoms with E-state index in [2.05, 4.69) is 4.72 Å². The minimum Gasteiger partial charge on any atom is -0.493 e. The molecule has 1 N–H and O–H groups in total. The van der Waals surface area contributed by atoms with Gasteiger partial charge in [0, 0.05) is 6.04 Å². The number of ether oxygens (including phenoxy) is 3. The molecular weight excluding hydrogens is 390 g/mol. The summed E-state index contributed by atoms with van der Waals surface area (Å²) in [5.74, 6) is 2.37. The van der Waals surface area contributed by atoms with Gasteiger partial charge in [-0.15, -0.1) is 0 Å². The van der Waals surface area contributed by atoms with Gasteiger partial charge in [-0.3, -0.25) is 0 Å². The second-order valence-electron chi connectivity index (χ2n) is 6.34. The number of hydrogen-bond donors (Lipinski definition) is 1. The van der Waals surface area contributed by atoms with Crippen molar-refractivity contribution in [2.45, 2.75) is 17.9 Å². The predicted octanol–water partition coefficient (Wildman–Crippen LogP) is 4.54. The highest BCUT2D eigenvalue weighted by atomic mass is 32.2. The highest BCUT2D eigenvalue weighted by molar-refractivity contribution is 7.89. The first-order chi connectivity index (χ1) is 13.9. The second-order valence-corrected chi connectivity index (χ2v) is 8.06. The Morgan fingerprint density at radius 3 is 2.03 bits per heavy atom. The molecule has 7 heteroatoms. The zero-order valence-electron chi connectivity index (χ0n) is 16.5. The monoisotopic (exact) mass is 413 g/mol. The number of nitrogens with one attached hydrogen (secondary N) is 1. The van der Waals surface area contributed by atoms with Crippen LogP contribution in [0.25, 0.3) is 0 Å². The number of benzene rings is 3.